The maximum atomic E-state index is 11.9. The average Bonchev–Trinajstić information content (AvgIpc) is 2.41. The molecule has 0 aromatic heterocycles. The Bertz CT molecular complexity index is 624. The molecule has 0 aliphatic carbocycles. The van der Waals surface area contributed by atoms with Crippen LogP contribution in [0.5, 0.6) is 11.5 Å². The zero-order chi connectivity index (χ0) is 13.7. The van der Waals surface area contributed by atoms with Crippen LogP contribution >= 0.6 is 0 Å². The first-order valence-electron chi connectivity index (χ1n) is 5.55. The summed E-state index contributed by atoms with van der Waals surface area (Å²) in [5.41, 5.74) is 0.677. The predicted molar refractivity (Wildman–Crippen MR) is 71.3 cm³/mol. The highest BCUT2D eigenvalue weighted by molar-refractivity contribution is 5.95. The van der Waals surface area contributed by atoms with Gasteiger partial charge in [0.25, 0.3) is 0 Å². The van der Waals surface area contributed by atoms with Gasteiger partial charge in [-0.15, -0.1) is 0 Å². The van der Waals surface area contributed by atoms with Crippen LogP contribution in [0.4, 0.5) is 0 Å². The number of carbonyl (C=O) groups excluding carboxylic acids is 1. The quantitative estimate of drug-likeness (QED) is 0.289. The SMILES string of the molecule is NN=Cc1ccccc1OC(=O)c1ccccc1O. The Balaban J connectivity index is 2.27. The van der Waals surface area contributed by atoms with Gasteiger partial charge in [0.05, 0.1) is 6.21 Å². The normalized spacial score (nSPS) is 10.5. The molecule has 0 aliphatic rings. The molecule has 0 spiro atoms. The fraction of sp³-hybridized carbons (Fsp3) is 0. The van der Waals surface area contributed by atoms with E-state index in [2.05, 4.69) is 5.10 Å². The highest BCUT2D eigenvalue weighted by atomic mass is 16.5. The second-order valence-electron chi connectivity index (χ2n) is 3.72. The Morgan fingerprint density at radius 3 is 2.58 bits per heavy atom. The van der Waals surface area contributed by atoms with Gasteiger partial charge in [-0.3, -0.25) is 0 Å². The number of carbonyl (C=O) groups is 1. The van der Waals surface area contributed by atoms with Gasteiger partial charge >= 0.3 is 5.97 Å². The van der Waals surface area contributed by atoms with Crippen LogP contribution in [-0.4, -0.2) is 17.3 Å². The molecule has 0 saturated carbocycles. The summed E-state index contributed by atoms with van der Waals surface area (Å²) in [6, 6.07) is 13.0. The molecule has 0 bridgehead atoms. The largest absolute Gasteiger partial charge is 0.507 e. The number of para-hydroxylation sites is 2. The molecule has 3 N–H and O–H groups in total. The van der Waals surface area contributed by atoms with E-state index in [0.29, 0.717) is 11.3 Å². The van der Waals surface area contributed by atoms with Crippen molar-refractivity contribution in [3.63, 3.8) is 0 Å². The Hall–Kier alpha value is -2.82. The number of ether oxygens (including phenoxy) is 1. The maximum absolute atomic E-state index is 11.9. The van der Waals surface area contributed by atoms with E-state index in [-0.39, 0.29) is 11.3 Å². The maximum Gasteiger partial charge on any atom is 0.347 e. The van der Waals surface area contributed by atoms with E-state index in [1.807, 2.05) is 0 Å². The van der Waals surface area contributed by atoms with E-state index in [4.69, 9.17) is 10.6 Å². The van der Waals surface area contributed by atoms with Crippen molar-refractivity contribution in [2.24, 2.45) is 10.9 Å². The molecular formula is C14H12N2O3. The van der Waals surface area contributed by atoms with Crippen LogP contribution < -0.4 is 10.6 Å². The molecule has 0 fully saturated rings. The molecule has 19 heavy (non-hydrogen) atoms. The average molecular weight is 256 g/mol. The predicted octanol–water partition coefficient (Wildman–Crippen LogP) is 1.90. The van der Waals surface area contributed by atoms with Gasteiger partial charge in [-0.1, -0.05) is 24.3 Å². The van der Waals surface area contributed by atoms with Gasteiger partial charge < -0.3 is 15.7 Å². The van der Waals surface area contributed by atoms with Crippen LogP contribution in [-0.2, 0) is 0 Å². The first-order valence-corrected chi connectivity index (χ1v) is 5.55. The van der Waals surface area contributed by atoms with Crippen LogP contribution in [0.3, 0.4) is 0 Å². The summed E-state index contributed by atoms with van der Waals surface area (Å²) in [4.78, 5) is 11.9. The van der Waals surface area contributed by atoms with Crippen molar-refractivity contribution in [2.45, 2.75) is 0 Å². The lowest BCUT2D eigenvalue weighted by atomic mass is 10.2. The Morgan fingerprint density at radius 1 is 1.16 bits per heavy atom. The van der Waals surface area contributed by atoms with E-state index in [1.165, 1.54) is 18.3 Å². The van der Waals surface area contributed by atoms with Gasteiger partial charge in [0.15, 0.2) is 0 Å². The Morgan fingerprint density at radius 2 is 1.84 bits per heavy atom. The first-order chi connectivity index (χ1) is 9.22. The van der Waals surface area contributed by atoms with Gasteiger partial charge in [-0.25, -0.2) is 4.79 Å². The third kappa shape index (κ3) is 2.90. The summed E-state index contributed by atoms with van der Waals surface area (Å²) in [6.45, 7) is 0. The van der Waals surface area contributed by atoms with Crippen molar-refractivity contribution in [1.82, 2.24) is 0 Å². The Labute approximate surface area is 109 Å². The molecule has 0 atom stereocenters. The standard InChI is InChI=1S/C14H12N2O3/c15-16-9-10-5-1-4-8-13(10)19-14(18)11-6-2-3-7-12(11)17/h1-9,17H,15H2. The molecule has 0 saturated heterocycles. The minimum Gasteiger partial charge on any atom is -0.507 e. The van der Waals surface area contributed by atoms with Crippen LogP contribution in [0.25, 0.3) is 0 Å². The number of hydrogen-bond donors (Lipinski definition) is 2. The van der Waals surface area contributed by atoms with E-state index < -0.39 is 5.97 Å². The molecule has 2 rings (SSSR count). The number of hydrogen-bond acceptors (Lipinski definition) is 5. The number of phenolic OH excluding ortho intramolecular Hbond substituents is 1. The van der Waals surface area contributed by atoms with Gasteiger partial charge in [0.2, 0.25) is 0 Å². The summed E-state index contributed by atoms with van der Waals surface area (Å²) in [5.74, 6) is 4.64. The molecule has 0 radical (unpaired) electrons. The number of aromatic hydroxyl groups is 1. The van der Waals surface area contributed by atoms with Gasteiger partial charge in [-0.05, 0) is 24.3 Å². The fourth-order valence-corrected chi connectivity index (χ4v) is 1.56. The van der Waals surface area contributed by atoms with E-state index >= 15 is 0 Å². The summed E-state index contributed by atoms with van der Waals surface area (Å²) in [5, 5.41) is 13.0. The first kappa shape index (κ1) is 12.6. The lowest BCUT2D eigenvalue weighted by molar-refractivity contribution is 0.0731. The highest BCUT2D eigenvalue weighted by Crippen LogP contribution is 2.21. The number of hydrazone groups is 1. The number of nitrogens with two attached hydrogens (primary N) is 1. The summed E-state index contributed by atoms with van der Waals surface area (Å²) < 4.78 is 5.22. The van der Waals surface area contributed by atoms with E-state index in [0.717, 1.165) is 0 Å². The van der Waals surface area contributed by atoms with Gasteiger partial charge in [0, 0.05) is 5.56 Å². The summed E-state index contributed by atoms with van der Waals surface area (Å²) >= 11 is 0. The Kier molecular flexibility index (Phi) is 3.78. The number of esters is 1. The number of benzene rings is 2. The summed E-state index contributed by atoms with van der Waals surface area (Å²) in [6.07, 6.45) is 1.38. The lowest BCUT2D eigenvalue weighted by Crippen LogP contribution is -2.10. The lowest BCUT2D eigenvalue weighted by Gasteiger charge is -2.07. The summed E-state index contributed by atoms with van der Waals surface area (Å²) in [7, 11) is 0. The van der Waals surface area contributed by atoms with Gasteiger partial charge in [-0.2, -0.15) is 5.10 Å². The highest BCUT2D eigenvalue weighted by Gasteiger charge is 2.14. The van der Waals surface area contributed by atoms with Crippen LogP contribution in [0.15, 0.2) is 53.6 Å². The minimum atomic E-state index is -0.643. The smallest absolute Gasteiger partial charge is 0.347 e. The zero-order valence-corrected chi connectivity index (χ0v) is 9.98. The number of nitrogens with zero attached hydrogens (tertiary/aromatic N) is 1. The molecule has 0 aliphatic heterocycles. The molecule has 5 nitrogen and oxygen atoms in total. The molecule has 0 amide bonds. The second kappa shape index (κ2) is 5.68. The van der Waals surface area contributed by atoms with Crippen molar-refractivity contribution in [1.29, 1.82) is 0 Å². The van der Waals surface area contributed by atoms with Crippen LogP contribution in [0, 0.1) is 0 Å². The number of rotatable bonds is 3. The van der Waals surface area contributed by atoms with E-state index in [9.17, 15) is 9.90 Å². The zero-order valence-electron chi connectivity index (χ0n) is 9.98. The molecular weight excluding hydrogens is 244 g/mol. The molecule has 2 aromatic rings. The van der Waals surface area contributed by atoms with Gasteiger partial charge in [0.1, 0.15) is 17.1 Å². The van der Waals surface area contributed by atoms with Crippen molar-refractivity contribution in [3.05, 3.63) is 59.7 Å². The van der Waals surface area contributed by atoms with E-state index in [1.54, 1.807) is 36.4 Å². The third-order valence-electron chi connectivity index (χ3n) is 2.46. The minimum absolute atomic E-state index is 0.0991. The van der Waals surface area contributed by atoms with Crippen molar-refractivity contribution in [2.75, 3.05) is 0 Å². The second-order valence-corrected chi connectivity index (χ2v) is 3.72. The molecule has 2 aromatic carbocycles. The molecule has 0 heterocycles. The fourth-order valence-electron chi connectivity index (χ4n) is 1.56. The molecule has 96 valence electrons. The van der Waals surface area contributed by atoms with Crippen LogP contribution in [0.2, 0.25) is 0 Å². The van der Waals surface area contributed by atoms with Crippen molar-refractivity contribution >= 4 is 12.2 Å². The van der Waals surface area contributed by atoms with Crippen molar-refractivity contribution < 1.29 is 14.6 Å². The van der Waals surface area contributed by atoms with Crippen LogP contribution in [0.1, 0.15) is 15.9 Å². The van der Waals surface area contributed by atoms with Crippen molar-refractivity contribution in [3.8, 4) is 11.5 Å². The monoisotopic (exact) mass is 256 g/mol. The molecule has 5 heteroatoms. The topological polar surface area (TPSA) is 84.9 Å². The number of phenols is 1. The third-order valence-corrected chi connectivity index (χ3v) is 2.46. The molecule has 0 unspecified atom stereocenters.